The summed E-state index contributed by atoms with van der Waals surface area (Å²) in [5.74, 6) is -0.112. The third kappa shape index (κ3) is 1.90. The minimum absolute atomic E-state index is 0.112. The number of aliphatic hydroxyl groups excluding tert-OH is 2. The first-order valence-electron chi connectivity index (χ1n) is 4.77. The third-order valence-corrected chi connectivity index (χ3v) is 2.44. The van der Waals surface area contributed by atoms with Crippen LogP contribution in [0.2, 0.25) is 0 Å². The zero-order valence-corrected chi connectivity index (χ0v) is 8.35. The van der Waals surface area contributed by atoms with E-state index in [0.29, 0.717) is 0 Å². The molecule has 0 amide bonds. The van der Waals surface area contributed by atoms with Gasteiger partial charge in [-0.3, -0.25) is 4.57 Å². The number of anilines is 1. The van der Waals surface area contributed by atoms with Crippen LogP contribution in [0.4, 0.5) is 5.95 Å². The number of ether oxygens (including phenoxy) is 1. The van der Waals surface area contributed by atoms with Gasteiger partial charge in [-0.1, -0.05) is 0 Å². The molecule has 16 heavy (non-hydrogen) atoms. The van der Waals surface area contributed by atoms with E-state index in [0.717, 1.165) is 4.57 Å². The van der Waals surface area contributed by atoms with Gasteiger partial charge in [-0.15, -0.1) is 0 Å². The maximum atomic E-state index is 11.4. The summed E-state index contributed by atoms with van der Waals surface area (Å²) in [5.41, 5.74) is 4.65. The van der Waals surface area contributed by atoms with Crippen LogP contribution in [0.3, 0.4) is 0 Å². The van der Waals surface area contributed by atoms with E-state index in [2.05, 4.69) is 9.97 Å². The predicted octanol–water partition coefficient (Wildman–Crippen LogP) is -2.14. The summed E-state index contributed by atoms with van der Waals surface area (Å²) < 4.78 is 6.41. The Hall–Kier alpha value is -1.51. The first kappa shape index (κ1) is 11.0. The van der Waals surface area contributed by atoms with E-state index in [1.807, 2.05) is 0 Å². The van der Waals surface area contributed by atoms with Crippen molar-refractivity contribution >= 4 is 5.95 Å². The minimum atomic E-state index is -0.806. The SMILES string of the molecule is Nc1ncn([C@H]2C[C@@H](O)[C@@H](CO)O2)c(=O)n1. The predicted molar refractivity (Wildman–Crippen MR) is 52.3 cm³/mol. The van der Waals surface area contributed by atoms with Crippen molar-refractivity contribution in [2.24, 2.45) is 0 Å². The van der Waals surface area contributed by atoms with Gasteiger partial charge in [0.25, 0.3) is 0 Å². The lowest BCUT2D eigenvalue weighted by Gasteiger charge is -2.13. The van der Waals surface area contributed by atoms with Crippen LogP contribution in [0.5, 0.6) is 0 Å². The van der Waals surface area contributed by atoms with Gasteiger partial charge in [-0.25, -0.2) is 9.78 Å². The minimum Gasteiger partial charge on any atom is -0.394 e. The van der Waals surface area contributed by atoms with Crippen LogP contribution in [0.25, 0.3) is 0 Å². The maximum Gasteiger partial charge on any atom is 0.354 e. The molecular weight excluding hydrogens is 216 g/mol. The zero-order valence-electron chi connectivity index (χ0n) is 8.35. The molecular formula is C8H12N4O4. The molecule has 4 N–H and O–H groups in total. The van der Waals surface area contributed by atoms with Crippen LogP contribution >= 0.6 is 0 Å². The van der Waals surface area contributed by atoms with Crippen molar-refractivity contribution in [3.05, 3.63) is 16.8 Å². The summed E-state index contributed by atoms with van der Waals surface area (Å²) in [6, 6.07) is 0. The molecule has 88 valence electrons. The van der Waals surface area contributed by atoms with Gasteiger partial charge in [0, 0.05) is 6.42 Å². The Morgan fingerprint density at radius 3 is 3.00 bits per heavy atom. The van der Waals surface area contributed by atoms with Crippen molar-refractivity contribution in [2.75, 3.05) is 12.3 Å². The summed E-state index contributed by atoms with van der Waals surface area (Å²) in [5, 5.41) is 18.4. The molecule has 1 fully saturated rings. The third-order valence-electron chi connectivity index (χ3n) is 2.44. The smallest absolute Gasteiger partial charge is 0.354 e. The molecule has 0 spiro atoms. The van der Waals surface area contributed by atoms with E-state index >= 15 is 0 Å². The summed E-state index contributed by atoms with van der Waals surface area (Å²) in [6.07, 6.45) is -0.741. The topological polar surface area (TPSA) is 123 Å². The number of nitrogens with zero attached hydrogens (tertiary/aromatic N) is 3. The quantitative estimate of drug-likeness (QED) is 0.527. The molecule has 2 rings (SSSR count). The number of hydrogen-bond acceptors (Lipinski definition) is 7. The fourth-order valence-corrected chi connectivity index (χ4v) is 1.60. The van der Waals surface area contributed by atoms with Gasteiger partial charge in [0.15, 0.2) is 0 Å². The molecule has 8 heteroatoms. The van der Waals surface area contributed by atoms with E-state index in [1.165, 1.54) is 6.33 Å². The normalized spacial score (nSPS) is 29.5. The Kier molecular flexibility index (Phi) is 2.86. The van der Waals surface area contributed by atoms with Crippen molar-refractivity contribution in [2.45, 2.75) is 24.9 Å². The Balaban J connectivity index is 2.23. The van der Waals surface area contributed by atoms with Crippen molar-refractivity contribution < 1.29 is 14.9 Å². The molecule has 1 aliphatic rings. The van der Waals surface area contributed by atoms with Crippen LogP contribution in [0.15, 0.2) is 11.1 Å². The van der Waals surface area contributed by atoms with E-state index < -0.39 is 24.1 Å². The molecule has 0 unspecified atom stereocenters. The molecule has 0 radical (unpaired) electrons. The van der Waals surface area contributed by atoms with Crippen molar-refractivity contribution in [1.29, 1.82) is 0 Å². The molecule has 3 atom stereocenters. The van der Waals surface area contributed by atoms with Gasteiger partial charge in [0.1, 0.15) is 18.7 Å². The van der Waals surface area contributed by atoms with Gasteiger partial charge < -0.3 is 20.7 Å². The van der Waals surface area contributed by atoms with Gasteiger partial charge in [0.2, 0.25) is 5.95 Å². The van der Waals surface area contributed by atoms with Gasteiger partial charge >= 0.3 is 5.69 Å². The maximum absolute atomic E-state index is 11.4. The molecule has 1 aliphatic heterocycles. The highest BCUT2D eigenvalue weighted by Gasteiger charge is 2.35. The Labute approximate surface area is 90.3 Å². The number of nitrogen functional groups attached to an aromatic ring is 1. The first-order valence-corrected chi connectivity index (χ1v) is 4.77. The lowest BCUT2D eigenvalue weighted by Crippen LogP contribution is -2.28. The Morgan fingerprint density at radius 2 is 2.44 bits per heavy atom. The van der Waals surface area contributed by atoms with Gasteiger partial charge in [-0.05, 0) is 0 Å². The Bertz CT molecular complexity index is 434. The highest BCUT2D eigenvalue weighted by Crippen LogP contribution is 2.26. The largest absolute Gasteiger partial charge is 0.394 e. The molecule has 8 nitrogen and oxygen atoms in total. The Morgan fingerprint density at radius 1 is 1.69 bits per heavy atom. The second kappa shape index (κ2) is 4.16. The molecule has 0 aromatic carbocycles. The highest BCUT2D eigenvalue weighted by atomic mass is 16.5. The van der Waals surface area contributed by atoms with E-state index in [4.69, 9.17) is 15.6 Å². The molecule has 0 saturated carbocycles. The summed E-state index contributed by atoms with van der Waals surface area (Å²) in [7, 11) is 0. The zero-order chi connectivity index (χ0) is 11.7. The van der Waals surface area contributed by atoms with Crippen molar-refractivity contribution in [3.63, 3.8) is 0 Å². The number of aromatic nitrogens is 3. The molecule has 0 aliphatic carbocycles. The van der Waals surface area contributed by atoms with Gasteiger partial charge in [0.05, 0.1) is 12.7 Å². The number of rotatable bonds is 2. The molecule has 1 saturated heterocycles. The van der Waals surface area contributed by atoms with Gasteiger partial charge in [-0.2, -0.15) is 4.98 Å². The highest BCUT2D eigenvalue weighted by molar-refractivity contribution is 5.09. The average Bonchev–Trinajstić information content (AvgIpc) is 2.59. The lowest BCUT2D eigenvalue weighted by atomic mass is 10.2. The van der Waals surface area contributed by atoms with Crippen LogP contribution in [-0.4, -0.2) is 43.6 Å². The second-order valence-corrected chi connectivity index (χ2v) is 3.52. The fraction of sp³-hybridized carbons (Fsp3) is 0.625. The summed E-state index contributed by atoms with van der Waals surface area (Å²) >= 11 is 0. The van der Waals surface area contributed by atoms with E-state index in [-0.39, 0.29) is 19.0 Å². The van der Waals surface area contributed by atoms with Crippen LogP contribution in [-0.2, 0) is 4.74 Å². The molecule has 1 aromatic rings. The van der Waals surface area contributed by atoms with Crippen molar-refractivity contribution in [1.82, 2.24) is 14.5 Å². The second-order valence-electron chi connectivity index (χ2n) is 3.52. The molecule has 2 heterocycles. The van der Waals surface area contributed by atoms with Crippen LogP contribution in [0.1, 0.15) is 12.6 Å². The van der Waals surface area contributed by atoms with Crippen molar-refractivity contribution in [3.8, 4) is 0 Å². The molecule has 1 aromatic heterocycles. The summed E-state index contributed by atoms with van der Waals surface area (Å²) in [6.45, 7) is -0.303. The van der Waals surface area contributed by atoms with E-state index in [1.54, 1.807) is 0 Å². The summed E-state index contributed by atoms with van der Waals surface area (Å²) in [4.78, 5) is 18.5. The first-order chi connectivity index (χ1) is 7.61. The average molecular weight is 228 g/mol. The van der Waals surface area contributed by atoms with Crippen LogP contribution in [0, 0.1) is 0 Å². The number of aliphatic hydroxyl groups is 2. The van der Waals surface area contributed by atoms with Crippen LogP contribution < -0.4 is 11.4 Å². The number of nitrogens with two attached hydrogens (primary N) is 1. The number of hydrogen-bond donors (Lipinski definition) is 3. The fourth-order valence-electron chi connectivity index (χ4n) is 1.60. The standard InChI is InChI=1S/C8H12N4O4/c9-7-10-3-12(8(15)11-7)6-1-4(14)5(2-13)16-6/h3-6,13-14H,1-2H2,(H2,9,11,15)/t4-,5-,6-/m1/s1. The monoisotopic (exact) mass is 228 g/mol. The lowest BCUT2D eigenvalue weighted by molar-refractivity contribution is -0.0462. The molecule has 0 bridgehead atoms. The van der Waals surface area contributed by atoms with E-state index in [9.17, 15) is 9.90 Å².